The lowest BCUT2D eigenvalue weighted by molar-refractivity contribution is -0.125. The number of carbonyl (C=O) groups excluding carboxylic acids is 2. The third kappa shape index (κ3) is 4.48. The van der Waals surface area contributed by atoms with Crippen molar-refractivity contribution in [2.45, 2.75) is 38.5 Å². The number of rotatable bonds is 5. The lowest BCUT2D eigenvalue weighted by Crippen LogP contribution is -2.40. The van der Waals surface area contributed by atoms with Crippen LogP contribution in [0.4, 0.5) is 8.78 Å². The molecule has 3 atom stereocenters. The van der Waals surface area contributed by atoms with Crippen LogP contribution in [0.5, 0.6) is 0 Å². The highest BCUT2D eigenvalue weighted by Crippen LogP contribution is 2.27. The maximum Gasteiger partial charge on any atom is 0.273 e. The van der Waals surface area contributed by atoms with Crippen LogP contribution in [-0.2, 0) is 11.3 Å². The third-order valence-corrected chi connectivity index (χ3v) is 4.54. The molecule has 2 amide bonds. The zero-order chi connectivity index (χ0) is 19.6. The van der Waals surface area contributed by atoms with Crippen molar-refractivity contribution in [3.63, 3.8) is 0 Å². The predicted molar refractivity (Wildman–Crippen MR) is 89.4 cm³/mol. The Hall–Kier alpha value is -2.81. The van der Waals surface area contributed by atoms with Crippen LogP contribution in [0.15, 0.2) is 28.8 Å². The summed E-state index contributed by atoms with van der Waals surface area (Å²) in [4.78, 5) is 24.4. The minimum Gasteiger partial charge on any atom is -0.391 e. The second-order valence-corrected chi connectivity index (χ2v) is 6.59. The number of aryl methyl sites for hydroxylation is 1. The number of amides is 2. The fourth-order valence-corrected chi connectivity index (χ4v) is 3.09. The summed E-state index contributed by atoms with van der Waals surface area (Å²) in [6.07, 6.45) is -0.484. The van der Waals surface area contributed by atoms with E-state index in [1.54, 1.807) is 6.92 Å². The molecule has 144 valence electrons. The summed E-state index contributed by atoms with van der Waals surface area (Å²) in [7, 11) is 0. The normalized spacial score (nSPS) is 21.9. The van der Waals surface area contributed by atoms with E-state index in [1.807, 2.05) is 0 Å². The quantitative estimate of drug-likeness (QED) is 0.729. The van der Waals surface area contributed by atoms with Crippen molar-refractivity contribution in [3.05, 3.63) is 52.9 Å². The molecule has 27 heavy (non-hydrogen) atoms. The molecule has 1 aliphatic carbocycles. The molecule has 2 aromatic rings. The summed E-state index contributed by atoms with van der Waals surface area (Å²) in [5, 5.41) is 19.0. The van der Waals surface area contributed by atoms with Gasteiger partial charge in [0, 0.05) is 30.2 Å². The SMILES string of the molecule is Cc1cc(C(=O)N[C@H]2C[C@H](C(=O)NCc3ccc(F)cc3F)C[C@@H]2O)no1. The smallest absolute Gasteiger partial charge is 0.273 e. The van der Waals surface area contributed by atoms with E-state index in [-0.39, 0.29) is 36.6 Å². The Balaban J connectivity index is 1.53. The van der Waals surface area contributed by atoms with Crippen molar-refractivity contribution in [3.8, 4) is 0 Å². The van der Waals surface area contributed by atoms with E-state index < -0.39 is 35.6 Å². The summed E-state index contributed by atoms with van der Waals surface area (Å²) in [6.45, 7) is 1.56. The molecule has 0 spiro atoms. The molecule has 3 N–H and O–H groups in total. The first-order valence-corrected chi connectivity index (χ1v) is 8.47. The second kappa shape index (κ2) is 7.83. The molecular weight excluding hydrogens is 360 g/mol. The zero-order valence-electron chi connectivity index (χ0n) is 14.5. The van der Waals surface area contributed by atoms with Gasteiger partial charge >= 0.3 is 0 Å². The molecule has 0 aliphatic heterocycles. The molecule has 1 aliphatic rings. The van der Waals surface area contributed by atoms with Gasteiger partial charge in [-0.1, -0.05) is 11.2 Å². The number of nitrogens with zero attached hydrogens (tertiary/aromatic N) is 1. The van der Waals surface area contributed by atoms with Gasteiger partial charge in [0.15, 0.2) is 5.69 Å². The maximum absolute atomic E-state index is 13.6. The minimum absolute atomic E-state index is 0.0905. The van der Waals surface area contributed by atoms with Crippen LogP contribution >= 0.6 is 0 Å². The molecule has 7 nitrogen and oxygen atoms in total. The van der Waals surface area contributed by atoms with Gasteiger partial charge < -0.3 is 20.3 Å². The summed E-state index contributed by atoms with van der Waals surface area (Å²) in [6, 6.07) is 3.99. The van der Waals surface area contributed by atoms with Crippen LogP contribution in [0.25, 0.3) is 0 Å². The van der Waals surface area contributed by atoms with Crippen LogP contribution < -0.4 is 10.6 Å². The molecule has 0 bridgehead atoms. The molecule has 1 fully saturated rings. The highest BCUT2D eigenvalue weighted by atomic mass is 19.1. The molecule has 9 heteroatoms. The van der Waals surface area contributed by atoms with Gasteiger partial charge in [0.1, 0.15) is 17.4 Å². The van der Waals surface area contributed by atoms with Crippen molar-refractivity contribution in [2.24, 2.45) is 5.92 Å². The van der Waals surface area contributed by atoms with Gasteiger partial charge in [-0.3, -0.25) is 9.59 Å². The Bertz CT molecular complexity index is 855. The number of carbonyl (C=O) groups is 2. The van der Waals surface area contributed by atoms with Crippen molar-refractivity contribution in [1.29, 1.82) is 0 Å². The van der Waals surface area contributed by atoms with E-state index in [2.05, 4.69) is 15.8 Å². The number of halogens is 2. The lowest BCUT2D eigenvalue weighted by atomic mass is 10.1. The van der Waals surface area contributed by atoms with E-state index in [9.17, 15) is 23.5 Å². The molecule has 1 aromatic heterocycles. The monoisotopic (exact) mass is 379 g/mol. The lowest BCUT2D eigenvalue weighted by Gasteiger charge is -2.15. The molecule has 1 saturated carbocycles. The average molecular weight is 379 g/mol. The Kier molecular flexibility index (Phi) is 5.50. The van der Waals surface area contributed by atoms with Crippen molar-refractivity contribution in [1.82, 2.24) is 15.8 Å². The first kappa shape index (κ1) is 19.0. The Morgan fingerprint density at radius 2 is 2.07 bits per heavy atom. The highest BCUT2D eigenvalue weighted by molar-refractivity contribution is 5.92. The van der Waals surface area contributed by atoms with Crippen molar-refractivity contribution >= 4 is 11.8 Å². The van der Waals surface area contributed by atoms with E-state index in [1.165, 1.54) is 12.1 Å². The van der Waals surface area contributed by atoms with E-state index in [4.69, 9.17) is 4.52 Å². The van der Waals surface area contributed by atoms with Gasteiger partial charge in [0.25, 0.3) is 5.91 Å². The number of benzene rings is 1. The Morgan fingerprint density at radius 1 is 1.30 bits per heavy atom. The Morgan fingerprint density at radius 3 is 2.74 bits per heavy atom. The number of hydrogen-bond acceptors (Lipinski definition) is 5. The summed E-state index contributed by atoms with van der Waals surface area (Å²) >= 11 is 0. The average Bonchev–Trinajstić information content (AvgIpc) is 3.20. The molecular formula is C18H19F2N3O4. The summed E-state index contributed by atoms with van der Waals surface area (Å²) in [5.41, 5.74) is 0.258. The minimum atomic E-state index is -0.889. The van der Waals surface area contributed by atoms with Gasteiger partial charge in [0.2, 0.25) is 5.91 Å². The van der Waals surface area contributed by atoms with Crippen LogP contribution in [0.1, 0.15) is 34.7 Å². The number of aliphatic hydroxyl groups excluding tert-OH is 1. The number of aliphatic hydroxyl groups is 1. The van der Waals surface area contributed by atoms with Gasteiger partial charge in [0.05, 0.1) is 12.1 Å². The van der Waals surface area contributed by atoms with Gasteiger partial charge in [-0.25, -0.2) is 8.78 Å². The van der Waals surface area contributed by atoms with Gasteiger partial charge in [-0.05, 0) is 25.8 Å². The predicted octanol–water partition coefficient (Wildman–Crippen LogP) is 1.45. The van der Waals surface area contributed by atoms with Crippen LogP contribution in [0.3, 0.4) is 0 Å². The third-order valence-electron chi connectivity index (χ3n) is 4.54. The van der Waals surface area contributed by atoms with E-state index in [0.29, 0.717) is 5.76 Å². The summed E-state index contributed by atoms with van der Waals surface area (Å²) in [5.74, 6) is -2.35. The highest BCUT2D eigenvalue weighted by Gasteiger charge is 2.38. The van der Waals surface area contributed by atoms with Crippen LogP contribution in [0, 0.1) is 24.5 Å². The zero-order valence-corrected chi connectivity index (χ0v) is 14.5. The van der Waals surface area contributed by atoms with E-state index >= 15 is 0 Å². The second-order valence-electron chi connectivity index (χ2n) is 6.59. The first-order chi connectivity index (χ1) is 12.8. The maximum atomic E-state index is 13.6. The van der Waals surface area contributed by atoms with Gasteiger partial charge in [-0.15, -0.1) is 0 Å². The standard InChI is InChI=1S/C18H19F2N3O4/c1-9-4-15(23-27-9)18(26)22-14-5-11(6-16(14)24)17(25)21-8-10-2-3-12(19)7-13(10)20/h2-4,7,11,14,16,24H,5-6,8H2,1H3,(H,21,25)(H,22,26)/t11-,14-,16-/m0/s1. The number of nitrogens with one attached hydrogen (secondary N) is 2. The molecule has 1 heterocycles. The fourth-order valence-electron chi connectivity index (χ4n) is 3.09. The Labute approximate surface area is 153 Å². The molecule has 0 radical (unpaired) electrons. The summed E-state index contributed by atoms with van der Waals surface area (Å²) < 4.78 is 31.4. The molecule has 0 unspecified atom stereocenters. The number of hydrogen-bond donors (Lipinski definition) is 3. The fraction of sp³-hybridized carbons (Fsp3) is 0.389. The molecule has 3 rings (SSSR count). The molecule has 1 aromatic carbocycles. The van der Waals surface area contributed by atoms with Crippen LogP contribution in [-0.4, -0.2) is 34.2 Å². The van der Waals surface area contributed by atoms with Crippen LogP contribution in [0.2, 0.25) is 0 Å². The first-order valence-electron chi connectivity index (χ1n) is 8.47. The number of aromatic nitrogens is 1. The molecule has 0 saturated heterocycles. The van der Waals surface area contributed by atoms with Gasteiger partial charge in [-0.2, -0.15) is 0 Å². The topological polar surface area (TPSA) is 104 Å². The van der Waals surface area contributed by atoms with E-state index in [0.717, 1.165) is 12.1 Å². The van der Waals surface area contributed by atoms with Crippen molar-refractivity contribution in [2.75, 3.05) is 0 Å². The largest absolute Gasteiger partial charge is 0.391 e. The van der Waals surface area contributed by atoms with Crippen molar-refractivity contribution < 1.29 is 28.0 Å².